The van der Waals surface area contributed by atoms with Crippen LogP contribution in [0.4, 0.5) is 0 Å². The first kappa shape index (κ1) is 12.6. The molecule has 3 aromatic carbocycles. The van der Waals surface area contributed by atoms with Crippen LogP contribution in [0, 0.1) is 0 Å². The number of aliphatic hydroxyl groups is 1. The van der Waals surface area contributed by atoms with E-state index in [1.54, 1.807) is 0 Å². The Morgan fingerprint density at radius 3 is 2.43 bits per heavy atom. The lowest BCUT2D eigenvalue weighted by Gasteiger charge is -2.35. The van der Waals surface area contributed by atoms with Gasteiger partial charge in [0.25, 0.3) is 0 Å². The number of rotatable bonds is 1. The second-order valence-electron chi connectivity index (χ2n) is 5.90. The van der Waals surface area contributed by atoms with Crippen molar-refractivity contribution in [3.63, 3.8) is 0 Å². The largest absolute Gasteiger partial charge is 0.380 e. The monoisotopic (exact) mass is 274 g/mol. The second-order valence-corrected chi connectivity index (χ2v) is 5.90. The highest BCUT2D eigenvalue weighted by molar-refractivity contribution is 5.87. The van der Waals surface area contributed by atoms with Gasteiger partial charge in [-0.2, -0.15) is 0 Å². The maximum absolute atomic E-state index is 11.5. The van der Waals surface area contributed by atoms with Crippen LogP contribution in [-0.2, 0) is 12.0 Å². The van der Waals surface area contributed by atoms with Crippen LogP contribution in [-0.4, -0.2) is 5.11 Å². The van der Waals surface area contributed by atoms with Gasteiger partial charge >= 0.3 is 0 Å². The highest BCUT2D eigenvalue weighted by Gasteiger charge is 2.36. The third kappa shape index (κ3) is 1.89. The molecule has 1 aliphatic carbocycles. The van der Waals surface area contributed by atoms with E-state index in [-0.39, 0.29) is 0 Å². The zero-order valence-corrected chi connectivity index (χ0v) is 11.9. The number of benzene rings is 3. The third-order valence-corrected chi connectivity index (χ3v) is 4.68. The highest BCUT2D eigenvalue weighted by Crippen LogP contribution is 2.42. The summed E-state index contributed by atoms with van der Waals surface area (Å²) in [5.41, 5.74) is 2.52. The summed E-state index contributed by atoms with van der Waals surface area (Å²) in [5.74, 6) is 0. The Kier molecular flexibility index (Phi) is 2.83. The molecule has 4 rings (SSSR count). The van der Waals surface area contributed by atoms with Crippen molar-refractivity contribution in [3.05, 3.63) is 83.4 Å². The van der Waals surface area contributed by atoms with E-state index in [1.165, 1.54) is 10.9 Å². The third-order valence-electron chi connectivity index (χ3n) is 4.68. The Balaban J connectivity index is 2.01. The molecule has 104 valence electrons. The van der Waals surface area contributed by atoms with Crippen molar-refractivity contribution < 1.29 is 5.11 Å². The smallest absolute Gasteiger partial charge is 0.115 e. The normalized spacial score (nSPS) is 21.2. The minimum atomic E-state index is -0.865. The topological polar surface area (TPSA) is 20.2 Å². The molecule has 0 aliphatic heterocycles. The standard InChI is InChI=1S/C20H18O/c21-20(14-6-10-16-8-2-4-12-18(16)20)19-13-5-9-15-7-1-3-11-17(15)19/h1-5,7-9,11-13,21H,6,10,14H2/t20-/m1/s1. The van der Waals surface area contributed by atoms with Gasteiger partial charge in [-0.15, -0.1) is 0 Å². The Morgan fingerprint density at radius 2 is 1.48 bits per heavy atom. The van der Waals surface area contributed by atoms with Gasteiger partial charge in [-0.05, 0) is 46.7 Å². The molecule has 0 radical (unpaired) electrons. The van der Waals surface area contributed by atoms with Crippen molar-refractivity contribution in [2.45, 2.75) is 24.9 Å². The zero-order valence-electron chi connectivity index (χ0n) is 11.9. The molecule has 0 fully saturated rings. The minimum Gasteiger partial charge on any atom is -0.380 e. The van der Waals surface area contributed by atoms with E-state index in [4.69, 9.17) is 0 Å². The fourth-order valence-corrected chi connectivity index (χ4v) is 3.68. The summed E-state index contributed by atoms with van der Waals surface area (Å²) < 4.78 is 0. The van der Waals surface area contributed by atoms with Crippen LogP contribution in [0.2, 0.25) is 0 Å². The Morgan fingerprint density at radius 1 is 0.762 bits per heavy atom. The summed E-state index contributed by atoms with van der Waals surface area (Å²) in [7, 11) is 0. The maximum Gasteiger partial charge on any atom is 0.115 e. The van der Waals surface area contributed by atoms with Gasteiger partial charge < -0.3 is 5.11 Å². The molecule has 1 aliphatic rings. The molecule has 1 N–H and O–H groups in total. The predicted molar refractivity (Wildman–Crippen MR) is 86.3 cm³/mol. The molecule has 1 nitrogen and oxygen atoms in total. The van der Waals surface area contributed by atoms with Crippen LogP contribution in [0.1, 0.15) is 29.5 Å². The second kappa shape index (κ2) is 4.71. The lowest BCUT2D eigenvalue weighted by molar-refractivity contribution is 0.0631. The quantitative estimate of drug-likeness (QED) is 0.697. The molecule has 21 heavy (non-hydrogen) atoms. The molecule has 0 aromatic heterocycles. The summed E-state index contributed by atoms with van der Waals surface area (Å²) in [4.78, 5) is 0. The van der Waals surface area contributed by atoms with Gasteiger partial charge in [0.05, 0.1) is 0 Å². The number of hydrogen-bond acceptors (Lipinski definition) is 1. The molecule has 0 amide bonds. The van der Waals surface area contributed by atoms with Crippen LogP contribution in [0.25, 0.3) is 10.8 Å². The van der Waals surface area contributed by atoms with Gasteiger partial charge in [-0.25, -0.2) is 0 Å². The van der Waals surface area contributed by atoms with Gasteiger partial charge in [-0.3, -0.25) is 0 Å². The molecule has 3 aromatic rings. The number of aryl methyl sites for hydroxylation is 1. The summed E-state index contributed by atoms with van der Waals surface area (Å²) in [6.45, 7) is 0. The van der Waals surface area contributed by atoms with Crippen molar-refractivity contribution in [2.75, 3.05) is 0 Å². The molecule has 1 heteroatoms. The zero-order chi connectivity index (χ0) is 14.3. The summed E-state index contributed by atoms with van der Waals surface area (Å²) in [6.07, 6.45) is 2.87. The molecule has 0 bridgehead atoms. The van der Waals surface area contributed by atoms with Crippen molar-refractivity contribution in [1.29, 1.82) is 0 Å². The van der Waals surface area contributed by atoms with E-state index in [2.05, 4.69) is 42.5 Å². The number of hydrogen-bond donors (Lipinski definition) is 1. The van der Waals surface area contributed by atoms with Crippen molar-refractivity contribution >= 4 is 10.8 Å². The maximum atomic E-state index is 11.5. The van der Waals surface area contributed by atoms with E-state index in [0.717, 1.165) is 35.8 Å². The van der Waals surface area contributed by atoms with Gasteiger partial charge in [0.1, 0.15) is 5.60 Å². The summed E-state index contributed by atoms with van der Waals surface area (Å²) in [5, 5.41) is 13.8. The van der Waals surface area contributed by atoms with E-state index in [1.807, 2.05) is 24.3 Å². The van der Waals surface area contributed by atoms with E-state index < -0.39 is 5.60 Å². The van der Waals surface area contributed by atoms with Crippen molar-refractivity contribution in [1.82, 2.24) is 0 Å². The van der Waals surface area contributed by atoms with E-state index in [0.29, 0.717) is 0 Å². The Hall–Kier alpha value is -2.12. The highest BCUT2D eigenvalue weighted by atomic mass is 16.3. The first-order valence-corrected chi connectivity index (χ1v) is 7.58. The average Bonchev–Trinajstić information content (AvgIpc) is 2.55. The van der Waals surface area contributed by atoms with Gasteiger partial charge in [-0.1, -0.05) is 66.7 Å². The van der Waals surface area contributed by atoms with Crippen LogP contribution in [0.15, 0.2) is 66.7 Å². The molecule has 1 atom stereocenters. The van der Waals surface area contributed by atoms with Gasteiger partial charge in [0, 0.05) is 0 Å². The van der Waals surface area contributed by atoms with Crippen molar-refractivity contribution in [2.24, 2.45) is 0 Å². The van der Waals surface area contributed by atoms with Crippen LogP contribution >= 0.6 is 0 Å². The van der Waals surface area contributed by atoms with E-state index in [9.17, 15) is 5.11 Å². The predicted octanol–water partition coefficient (Wildman–Crippen LogP) is 4.41. The minimum absolute atomic E-state index is 0.790. The van der Waals surface area contributed by atoms with Crippen molar-refractivity contribution in [3.8, 4) is 0 Å². The molecular weight excluding hydrogens is 256 g/mol. The molecular formula is C20H18O. The lowest BCUT2D eigenvalue weighted by atomic mass is 9.74. The number of fused-ring (bicyclic) bond motifs is 2. The van der Waals surface area contributed by atoms with E-state index >= 15 is 0 Å². The average molecular weight is 274 g/mol. The van der Waals surface area contributed by atoms with Crippen LogP contribution in [0.3, 0.4) is 0 Å². The van der Waals surface area contributed by atoms with Gasteiger partial charge in [0.15, 0.2) is 0 Å². The van der Waals surface area contributed by atoms with Gasteiger partial charge in [0.2, 0.25) is 0 Å². The SMILES string of the molecule is O[C@]1(c2cccc3ccccc23)CCCc2ccccc21. The first-order chi connectivity index (χ1) is 10.3. The Bertz CT molecular complexity index is 800. The molecule has 0 saturated carbocycles. The Labute approximate surface area is 124 Å². The lowest BCUT2D eigenvalue weighted by Crippen LogP contribution is -2.32. The fourth-order valence-electron chi connectivity index (χ4n) is 3.68. The summed E-state index contributed by atoms with van der Waals surface area (Å²) in [6, 6.07) is 22.9. The fraction of sp³-hybridized carbons (Fsp3) is 0.200. The molecule has 0 unspecified atom stereocenters. The molecule has 0 spiro atoms. The van der Waals surface area contributed by atoms with Crippen LogP contribution < -0.4 is 0 Å². The molecule has 0 saturated heterocycles. The molecule has 0 heterocycles. The summed E-state index contributed by atoms with van der Waals surface area (Å²) >= 11 is 0. The van der Waals surface area contributed by atoms with Crippen LogP contribution in [0.5, 0.6) is 0 Å². The first-order valence-electron chi connectivity index (χ1n) is 7.58.